The lowest BCUT2D eigenvalue weighted by molar-refractivity contribution is -0.118. The molecule has 3 nitrogen and oxygen atoms in total. The van der Waals surface area contributed by atoms with Crippen molar-refractivity contribution in [1.29, 1.82) is 0 Å². The molecule has 3 rings (SSSR count). The molecular weight excluding hydrogens is 332 g/mol. The van der Waals surface area contributed by atoms with Gasteiger partial charge in [-0.3, -0.25) is 9.69 Å². The summed E-state index contributed by atoms with van der Waals surface area (Å²) in [6.07, 6.45) is 4.63. The van der Waals surface area contributed by atoms with Crippen molar-refractivity contribution in [3.05, 3.63) is 65.2 Å². The van der Waals surface area contributed by atoms with Crippen molar-refractivity contribution in [1.82, 2.24) is 4.90 Å². The minimum atomic E-state index is 0.103. The molecule has 1 aliphatic rings. The molecule has 1 saturated heterocycles. The van der Waals surface area contributed by atoms with Crippen molar-refractivity contribution in [2.75, 3.05) is 18.4 Å². The number of nitrogens with one attached hydrogen (secondary N) is 1. The molecule has 1 amide bonds. The third-order valence-corrected chi connectivity index (χ3v) is 5.60. The number of hydrogen-bond donors (Lipinski definition) is 1. The third-order valence-electron chi connectivity index (χ3n) is 5.60. The van der Waals surface area contributed by atoms with Gasteiger partial charge in [0.2, 0.25) is 5.91 Å². The Labute approximate surface area is 163 Å². The van der Waals surface area contributed by atoms with Crippen LogP contribution in [0.5, 0.6) is 0 Å². The number of nitrogens with zero attached hydrogens (tertiary/aromatic N) is 1. The lowest BCUT2D eigenvalue weighted by atomic mass is 9.95. The highest BCUT2D eigenvalue weighted by molar-refractivity contribution is 5.94. The number of hydrogen-bond acceptors (Lipinski definition) is 2. The first-order valence-electron chi connectivity index (χ1n) is 10.2. The molecule has 1 fully saturated rings. The van der Waals surface area contributed by atoms with Gasteiger partial charge >= 0.3 is 0 Å². The van der Waals surface area contributed by atoms with Crippen LogP contribution in [0.3, 0.4) is 0 Å². The average molecular weight is 365 g/mol. The van der Waals surface area contributed by atoms with E-state index in [0.29, 0.717) is 18.5 Å². The topological polar surface area (TPSA) is 32.3 Å². The van der Waals surface area contributed by atoms with Gasteiger partial charge in [0.15, 0.2) is 0 Å². The van der Waals surface area contributed by atoms with Gasteiger partial charge in [-0.15, -0.1) is 0 Å². The zero-order chi connectivity index (χ0) is 19.2. The van der Waals surface area contributed by atoms with Gasteiger partial charge in [0.25, 0.3) is 0 Å². The smallest absolute Gasteiger partial charge is 0.238 e. The van der Waals surface area contributed by atoms with Gasteiger partial charge in [-0.25, -0.2) is 0 Å². The molecule has 1 N–H and O–H groups in total. The van der Waals surface area contributed by atoms with Crippen LogP contribution in [0, 0.1) is 6.92 Å². The summed E-state index contributed by atoms with van der Waals surface area (Å²) >= 11 is 0. The Kier molecular flexibility index (Phi) is 6.68. The standard InChI is InChI=1S/C24H32N2O/c1-18(2)22-14-9-10-19(3)24(22)25-23(27)17-26-15-8-7-13-21(26)16-20-11-5-4-6-12-20/h4-6,9-12,14,18,21H,7-8,13,15-17H2,1-3H3,(H,25,27)/t21-/m1/s1. The molecule has 2 aromatic carbocycles. The molecular formula is C24H32N2O. The average Bonchev–Trinajstić information content (AvgIpc) is 2.65. The molecule has 144 valence electrons. The first kappa shape index (κ1) is 19.6. The molecule has 1 aliphatic heterocycles. The SMILES string of the molecule is Cc1cccc(C(C)C)c1NC(=O)CN1CCCC[C@@H]1Cc1ccccc1. The Morgan fingerprint density at radius 3 is 2.63 bits per heavy atom. The van der Waals surface area contributed by atoms with E-state index in [2.05, 4.69) is 79.5 Å². The number of carbonyl (C=O) groups excluding carboxylic acids is 1. The maximum atomic E-state index is 12.9. The number of benzene rings is 2. The van der Waals surface area contributed by atoms with E-state index in [-0.39, 0.29) is 5.91 Å². The molecule has 3 heteroatoms. The fourth-order valence-corrected chi connectivity index (χ4v) is 4.09. The van der Waals surface area contributed by atoms with Crippen LogP contribution >= 0.6 is 0 Å². The predicted molar refractivity (Wildman–Crippen MR) is 113 cm³/mol. The summed E-state index contributed by atoms with van der Waals surface area (Å²) in [5.41, 5.74) is 4.70. The van der Waals surface area contributed by atoms with Crippen LogP contribution < -0.4 is 5.32 Å². The van der Waals surface area contributed by atoms with Gasteiger partial charge in [0, 0.05) is 11.7 Å². The number of aryl methyl sites for hydroxylation is 1. The van der Waals surface area contributed by atoms with Crippen molar-refractivity contribution in [2.24, 2.45) is 0 Å². The highest BCUT2D eigenvalue weighted by Gasteiger charge is 2.25. The van der Waals surface area contributed by atoms with E-state index in [9.17, 15) is 4.79 Å². The summed E-state index contributed by atoms with van der Waals surface area (Å²) in [6.45, 7) is 7.90. The lowest BCUT2D eigenvalue weighted by Crippen LogP contribution is -2.45. The van der Waals surface area contributed by atoms with E-state index >= 15 is 0 Å². The molecule has 0 bridgehead atoms. The zero-order valence-corrected chi connectivity index (χ0v) is 16.9. The molecule has 2 aromatic rings. The second-order valence-corrected chi connectivity index (χ2v) is 8.05. The Bertz CT molecular complexity index is 754. The summed E-state index contributed by atoms with van der Waals surface area (Å²) in [5.74, 6) is 0.493. The van der Waals surface area contributed by atoms with Crippen LogP contribution in [0.4, 0.5) is 5.69 Å². The second-order valence-electron chi connectivity index (χ2n) is 8.05. The molecule has 0 aliphatic carbocycles. The first-order chi connectivity index (χ1) is 13.0. The molecule has 0 spiro atoms. The van der Waals surface area contributed by atoms with E-state index in [4.69, 9.17) is 0 Å². The molecule has 1 heterocycles. The Hall–Kier alpha value is -2.13. The number of likely N-dealkylation sites (tertiary alicyclic amines) is 1. The Morgan fingerprint density at radius 2 is 1.89 bits per heavy atom. The maximum Gasteiger partial charge on any atom is 0.238 e. The van der Waals surface area contributed by atoms with Gasteiger partial charge in [-0.2, -0.15) is 0 Å². The number of para-hydroxylation sites is 1. The Morgan fingerprint density at radius 1 is 1.11 bits per heavy atom. The van der Waals surface area contributed by atoms with Gasteiger partial charge in [-0.05, 0) is 55.3 Å². The van der Waals surface area contributed by atoms with Crippen molar-refractivity contribution in [3.8, 4) is 0 Å². The van der Waals surface area contributed by atoms with Crippen molar-refractivity contribution in [2.45, 2.75) is 58.4 Å². The predicted octanol–water partition coefficient (Wildman–Crippen LogP) is 5.15. The van der Waals surface area contributed by atoms with Crippen LogP contribution in [-0.2, 0) is 11.2 Å². The van der Waals surface area contributed by atoms with Crippen LogP contribution in [0.2, 0.25) is 0 Å². The normalized spacial score (nSPS) is 17.9. The van der Waals surface area contributed by atoms with Gasteiger partial charge in [0.1, 0.15) is 0 Å². The highest BCUT2D eigenvalue weighted by atomic mass is 16.2. The molecule has 1 atom stereocenters. The highest BCUT2D eigenvalue weighted by Crippen LogP contribution is 2.28. The molecule has 0 unspecified atom stereocenters. The summed E-state index contributed by atoms with van der Waals surface area (Å²) in [5, 5.41) is 3.21. The van der Waals surface area contributed by atoms with Crippen LogP contribution in [0.15, 0.2) is 48.5 Å². The maximum absolute atomic E-state index is 12.9. The summed E-state index contributed by atoms with van der Waals surface area (Å²) < 4.78 is 0. The largest absolute Gasteiger partial charge is 0.324 e. The van der Waals surface area contributed by atoms with E-state index in [0.717, 1.165) is 24.2 Å². The summed E-state index contributed by atoms with van der Waals surface area (Å²) in [7, 11) is 0. The number of piperidine rings is 1. The third kappa shape index (κ3) is 5.20. The van der Waals surface area contributed by atoms with E-state index in [1.165, 1.54) is 30.4 Å². The van der Waals surface area contributed by atoms with Crippen molar-refractivity contribution >= 4 is 11.6 Å². The number of carbonyl (C=O) groups is 1. The monoisotopic (exact) mass is 364 g/mol. The van der Waals surface area contributed by atoms with Gasteiger partial charge in [0.05, 0.1) is 6.54 Å². The van der Waals surface area contributed by atoms with Crippen LogP contribution in [-0.4, -0.2) is 29.9 Å². The quantitative estimate of drug-likeness (QED) is 0.768. The van der Waals surface area contributed by atoms with Gasteiger partial charge in [-0.1, -0.05) is 68.8 Å². The summed E-state index contributed by atoms with van der Waals surface area (Å²) in [6, 6.07) is 17.3. The van der Waals surface area contributed by atoms with Crippen LogP contribution in [0.25, 0.3) is 0 Å². The van der Waals surface area contributed by atoms with E-state index in [1.54, 1.807) is 0 Å². The minimum absolute atomic E-state index is 0.103. The fourth-order valence-electron chi connectivity index (χ4n) is 4.09. The zero-order valence-electron chi connectivity index (χ0n) is 16.9. The molecule has 27 heavy (non-hydrogen) atoms. The number of amides is 1. The van der Waals surface area contributed by atoms with Crippen molar-refractivity contribution < 1.29 is 4.79 Å². The molecule has 0 saturated carbocycles. The van der Waals surface area contributed by atoms with Gasteiger partial charge < -0.3 is 5.32 Å². The minimum Gasteiger partial charge on any atom is -0.324 e. The first-order valence-corrected chi connectivity index (χ1v) is 10.2. The second kappa shape index (κ2) is 9.18. The van der Waals surface area contributed by atoms with Crippen molar-refractivity contribution in [3.63, 3.8) is 0 Å². The summed E-state index contributed by atoms with van der Waals surface area (Å²) in [4.78, 5) is 15.2. The lowest BCUT2D eigenvalue weighted by Gasteiger charge is -2.35. The molecule has 0 aromatic heterocycles. The van der Waals surface area contributed by atoms with E-state index in [1.807, 2.05) is 0 Å². The molecule has 0 radical (unpaired) electrons. The fraction of sp³-hybridized carbons (Fsp3) is 0.458. The Balaban J connectivity index is 1.67. The number of rotatable bonds is 6. The number of anilines is 1. The van der Waals surface area contributed by atoms with E-state index < -0.39 is 0 Å². The van der Waals surface area contributed by atoms with Crippen LogP contribution in [0.1, 0.15) is 55.7 Å².